The van der Waals surface area contributed by atoms with Gasteiger partial charge >= 0.3 is 0 Å². The van der Waals surface area contributed by atoms with Crippen molar-refractivity contribution in [3.8, 4) is 0 Å². The van der Waals surface area contributed by atoms with E-state index in [1.807, 2.05) is 6.07 Å². The average molecular weight is 255 g/mol. The van der Waals surface area contributed by atoms with Crippen LogP contribution in [-0.2, 0) is 0 Å². The fourth-order valence-electron chi connectivity index (χ4n) is 2.43. The average Bonchev–Trinajstić information content (AvgIpc) is 3.22. The predicted octanol–water partition coefficient (Wildman–Crippen LogP) is 4.70. The lowest BCUT2D eigenvalue weighted by molar-refractivity contribution is 0.626. The van der Waals surface area contributed by atoms with Crippen LogP contribution in [0.4, 0.5) is 10.1 Å². The Balaban J connectivity index is 1.83. The lowest BCUT2D eigenvalue weighted by atomic mass is 10.0. The normalized spacial score (nSPS) is 16.1. The maximum absolute atomic E-state index is 13.2. The molecule has 0 spiro atoms. The molecule has 1 fully saturated rings. The summed E-state index contributed by atoms with van der Waals surface area (Å²) in [6.45, 7) is 2.09. The Morgan fingerprint density at radius 1 is 1.11 bits per heavy atom. The molecule has 0 bridgehead atoms. The second kappa shape index (κ2) is 5.04. The fourth-order valence-corrected chi connectivity index (χ4v) is 2.43. The summed E-state index contributed by atoms with van der Waals surface area (Å²) in [7, 11) is 0. The first kappa shape index (κ1) is 12.2. The molecule has 98 valence electrons. The minimum Gasteiger partial charge on any atom is -0.378 e. The highest BCUT2D eigenvalue weighted by Crippen LogP contribution is 2.42. The molecule has 19 heavy (non-hydrogen) atoms. The Kier molecular flexibility index (Phi) is 3.24. The predicted molar refractivity (Wildman–Crippen MR) is 76.7 cm³/mol. The third kappa shape index (κ3) is 2.95. The number of aryl methyl sites for hydroxylation is 1. The van der Waals surface area contributed by atoms with Crippen molar-refractivity contribution in [3.63, 3.8) is 0 Å². The SMILES string of the molecule is Cc1ccc(C(Nc2cccc(F)c2)C2CC2)cc1. The summed E-state index contributed by atoms with van der Waals surface area (Å²) in [5, 5.41) is 3.48. The van der Waals surface area contributed by atoms with Crippen molar-refractivity contribution in [2.45, 2.75) is 25.8 Å². The van der Waals surface area contributed by atoms with Crippen LogP contribution >= 0.6 is 0 Å². The van der Waals surface area contributed by atoms with Crippen molar-refractivity contribution in [1.82, 2.24) is 0 Å². The molecule has 1 unspecified atom stereocenters. The van der Waals surface area contributed by atoms with E-state index in [1.165, 1.54) is 30.0 Å². The van der Waals surface area contributed by atoms with Gasteiger partial charge in [0, 0.05) is 5.69 Å². The molecule has 2 aromatic rings. The van der Waals surface area contributed by atoms with Crippen LogP contribution in [0.15, 0.2) is 48.5 Å². The minimum absolute atomic E-state index is 0.191. The summed E-state index contributed by atoms with van der Waals surface area (Å²) < 4.78 is 13.2. The first-order valence-corrected chi connectivity index (χ1v) is 6.81. The Hall–Kier alpha value is -1.83. The zero-order valence-corrected chi connectivity index (χ0v) is 11.1. The van der Waals surface area contributed by atoms with Gasteiger partial charge in [-0.2, -0.15) is 0 Å². The Morgan fingerprint density at radius 3 is 2.47 bits per heavy atom. The van der Waals surface area contributed by atoms with Crippen molar-refractivity contribution in [1.29, 1.82) is 0 Å². The smallest absolute Gasteiger partial charge is 0.125 e. The number of anilines is 1. The van der Waals surface area contributed by atoms with Gasteiger partial charge in [-0.25, -0.2) is 4.39 Å². The summed E-state index contributed by atoms with van der Waals surface area (Å²) in [5.74, 6) is 0.481. The van der Waals surface area contributed by atoms with Gasteiger partial charge in [-0.1, -0.05) is 35.9 Å². The molecular weight excluding hydrogens is 237 g/mol. The van der Waals surface area contributed by atoms with Crippen molar-refractivity contribution in [3.05, 3.63) is 65.5 Å². The Bertz CT molecular complexity index is 558. The third-order valence-corrected chi connectivity index (χ3v) is 3.68. The molecule has 1 atom stereocenters. The largest absolute Gasteiger partial charge is 0.378 e. The van der Waals surface area contributed by atoms with E-state index in [4.69, 9.17) is 0 Å². The van der Waals surface area contributed by atoms with E-state index >= 15 is 0 Å². The van der Waals surface area contributed by atoms with Gasteiger partial charge in [-0.05, 0) is 49.4 Å². The molecule has 0 amide bonds. The molecule has 1 saturated carbocycles. The Morgan fingerprint density at radius 2 is 1.84 bits per heavy atom. The van der Waals surface area contributed by atoms with Crippen LogP contribution in [0.1, 0.15) is 30.0 Å². The molecule has 0 aromatic heterocycles. The standard InChI is InChI=1S/C17H18FN/c1-12-5-7-13(8-6-12)17(14-9-10-14)19-16-4-2-3-15(18)11-16/h2-8,11,14,17,19H,9-10H2,1H3. The highest BCUT2D eigenvalue weighted by atomic mass is 19.1. The molecule has 2 heteroatoms. The number of hydrogen-bond donors (Lipinski definition) is 1. The highest BCUT2D eigenvalue weighted by molar-refractivity contribution is 5.46. The molecule has 1 N–H and O–H groups in total. The molecule has 1 aliphatic carbocycles. The number of rotatable bonds is 4. The van der Waals surface area contributed by atoms with Crippen molar-refractivity contribution >= 4 is 5.69 Å². The second-order valence-electron chi connectivity index (χ2n) is 5.38. The minimum atomic E-state index is -0.191. The van der Waals surface area contributed by atoms with E-state index in [0.29, 0.717) is 12.0 Å². The van der Waals surface area contributed by atoms with E-state index in [-0.39, 0.29) is 5.82 Å². The second-order valence-corrected chi connectivity index (χ2v) is 5.38. The van der Waals surface area contributed by atoms with E-state index in [2.05, 4.69) is 36.5 Å². The monoisotopic (exact) mass is 255 g/mol. The molecule has 0 aliphatic heterocycles. The number of benzene rings is 2. The molecule has 1 nitrogen and oxygen atoms in total. The van der Waals surface area contributed by atoms with Gasteiger partial charge in [-0.15, -0.1) is 0 Å². The maximum atomic E-state index is 13.2. The van der Waals surface area contributed by atoms with Crippen LogP contribution in [0.5, 0.6) is 0 Å². The van der Waals surface area contributed by atoms with Gasteiger partial charge in [0.15, 0.2) is 0 Å². The summed E-state index contributed by atoms with van der Waals surface area (Å²) >= 11 is 0. The number of hydrogen-bond acceptors (Lipinski definition) is 1. The van der Waals surface area contributed by atoms with E-state index in [0.717, 1.165) is 5.69 Å². The van der Waals surface area contributed by atoms with E-state index < -0.39 is 0 Å². The number of halogens is 1. The van der Waals surface area contributed by atoms with Gasteiger partial charge < -0.3 is 5.32 Å². The zero-order valence-electron chi connectivity index (χ0n) is 11.1. The van der Waals surface area contributed by atoms with Crippen molar-refractivity contribution in [2.75, 3.05) is 5.32 Å². The van der Waals surface area contributed by atoms with Gasteiger partial charge in [0.2, 0.25) is 0 Å². The highest BCUT2D eigenvalue weighted by Gasteiger charge is 2.32. The molecule has 0 radical (unpaired) electrons. The summed E-state index contributed by atoms with van der Waals surface area (Å²) in [6, 6.07) is 15.6. The molecule has 1 aliphatic rings. The quantitative estimate of drug-likeness (QED) is 0.835. The molecular formula is C17H18FN. The lowest BCUT2D eigenvalue weighted by Gasteiger charge is -2.20. The molecule has 0 saturated heterocycles. The maximum Gasteiger partial charge on any atom is 0.125 e. The molecule has 0 heterocycles. The summed E-state index contributed by atoms with van der Waals surface area (Å²) in [6.07, 6.45) is 2.50. The first-order valence-electron chi connectivity index (χ1n) is 6.81. The van der Waals surface area contributed by atoms with Gasteiger partial charge in [-0.3, -0.25) is 0 Å². The molecule has 2 aromatic carbocycles. The summed E-state index contributed by atoms with van der Waals surface area (Å²) in [5.41, 5.74) is 3.42. The summed E-state index contributed by atoms with van der Waals surface area (Å²) in [4.78, 5) is 0. The topological polar surface area (TPSA) is 12.0 Å². The lowest BCUT2D eigenvalue weighted by Crippen LogP contribution is -2.13. The van der Waals surface area contributed by atoms with Crippen molar-refractivity contribution in [2.24, 2.45) is 5.92 Å². The van der Waals surface area contributed by atoms with Crippen LogP contribution in [0, 0.1) is 18.7 Å². The zero-order chi connectivity index (χ0) is 13.2. The van der Waals surface area contributed by atoms with Crippen LogP contribution in [0.2, 0.25) is 0 Å². The van der Waals surface area contributed by atoms with Gasteiger partial charge in [0.1, 0.15) is 5.82 Å². The van der Waals surface area contributed by atoms with E-state index in [9.17, 15) is 4.39 Å². The van der Waals surface area contributed by atoms with Gasteiger partial charge in [0.25, 0.3) is 0 Å². The Labute approximate surface area is 113 Å². The van der Waals surface area contributed by atoms with Crippen LogP contribution in [0.3, 0.4) is 0 Å². The van der Waals surface area contributed by atoms with E-state index in [1.54, 1.807) is 12.1 Å². The fraction of sp³-hybridized carbons (Fsp3) is 0.294. The first-order chi connectivity index (χ1) is 9.22. The van der Waals surface area contributed by atoms with Crippen LogP contribution in [0.25, 0.3) is 0 Å². The van der Waals surface area contributed by atoms with Gasteiger partial charge in [0.05, 0.1) is 6.04 Å². The third-order valence-electron chi connectivity index (χ3n) is 3.68. The number of nitrogens with one attached hydrogen (secondary N) is 1. The molecule has 3 rings (SSSR count). The van der Waals surface area contributed by atoms with Crippen LogP contribution < -0.4 is 5.32 Å². The van der Waals surface area contributed by atoms with Crippen LogP contribution in [-0.4, -0.2) is 0 Å². The van der Waals surface area contributed by atoms with Crippen molar-refractivity contribution < 1.29 is 4.39 Å².